The van der Waals surface area contributed by atoms with Gasteiger partial charge in [-0.25, -0.2) is 4.98 Å². The molecule has 0 aromatic carbocycles. The minimum atomic E-state index is -0.826. The van der Waals surface area contributed by atoms with E-state index in [-0.39, 0.29) is 5.75 Å². The van der Waals surface area contributed by atoms with Crippen LogP contribution in [0, 0.1) is 0 Å². The van der Waals surface area contributed by atoms with Crippen LogP contribution in [0.15, 0.2) is 27.3 Å². The van der Waals surface area contributed by atoms with Gasteiger partial charge in [0, 0.05) is 21.2 Å². The van der Waals surface area contributed by atoms with Gasteiger partial charge in [-0.05, 0) is 33.3 Å². The van der Waals surface area contributed by atoms with Crippen molar-refractivity contribution in [3.8, 4) is 0 Å². The number of imidazole rings is 1. The maximum absolute atomic E-state index is 10.7. The molecule has 2 aromatic rings. The summed E-state index contributed by atoms with van der Waals surface area (Å²) < 4.78 is 3.19. The summed E-state index contributed by atoms with van der Waals surface area (Å²) in [6.07, 6.45) is 1.84. The molecule has 0 aliphatic heterocycles. The first kappa shape index (κ1) is 15.6. The van der Waals surface area contributed by atoms with Crippen molar-refractivity contribution in [2.24, 2.45) is 0 Å². The molecule has 0 radical (unpaired) electrons. The number of hydrogen-bond acceptors (Lipinski definition) is 4. The van der Waals surface area contributed by atoms with Crippen molar-refractivity contribution in [1.29, 1.82) is 0 Å². The van der Waals surface area contributed by atoms with Gasteiger partial charge in [0.05, 0.1) is 12.3 Å². The molecule has 0 amide bonds. The van der Waals surface area contributed by atoms with Crippen LogP contribution in [0.1, 0.15) is 30.3 Å². The number of nitrogens with zero attached hydrogens (tertiary/aromatic N) is 2. The van der Waals surface area contributed by atoms with Gasteiger partial charge in [-0.2, -0.15) is 0 Å². The number of thioether (sulfide) groups is 1. The highest BCUT2D eigenvalue weighted by atomic mass is 79.9. The standard InChI is InChI=1S/C13H15BrN2O2S2/c1-8(2)10-5-15-13(20-7-12(17)18)16(10)6-11-9(14)3-4-19-11/h3-5,8H,6-7H2,1-2H3,(H,17,18). The highest BCUT2D eigenvalue weighted by Crippen LogP contribution is 2.29. The number of halogens is 1. The number of thiophene rings is 1. The summed E-state index contributed by atoms with van der Waals surface area (Å²) in [6, 6.07) is 2.02. The molecule has 2 heterocycles. The first-order valence-corrected chi connectivity index (χ1v) is 8.76. The van der Waals surface area contributed by atoms with Crippen LogP contribution < -0.4 is 0 Å². The second kappa shape index (κ2) is 6.78. The van der Waals surface area contributed by atoms with E-state index < -0.39 is 5.97 Å². The van der Waals surface area contributed by atoms with Crippen molar-refractivity contribution in [3.05, 3.63) is 32.7 Å². The Kier molecular flexibility index (Phi) is 5.29. The lowest BCUT2D eigenvalue weighted by Crippen LogP contribution is -2.08. The van der Waals surface area contributed by atoms with Crippen molar-refractivity contribution in [2.75, 3.05) is 5.75 Å². The van der Waals surface area contributed by atoms with Crippen LogP contribution in [0.25, 0.3) is 0 Å². The lowest BCUT2D eigenvalue weighted by Gasteiger charge is -2.13. The molecular formula is C13H15BrN2O2S2. The molecular weight excluding hydrogens is 360 g/mol. The van der Waals surface area contributed by atoms with Gasteiger partial charge in [-0.3, -0.25) is 4.79 Å². The minimum Gasteiger partial charge on any atom is -0.481 e. The zero-order chi connectivity index (χ0) is 14.7. The van der Waals surface area contributed by atoms with Crippen molar-refractivity contribution < 1.29 is 9.90 Å². The highest BCUT2D eigenvalue weighted by molar-refractivity contribution is 9.10. The van der Waals surface area contributed by atoms with E-state index in [0.717, 1.165) is 15.3 Å². The van der Waals surface area contributed by atoms with Crippen LogP contribution in [-0.4, -0.2) is 26.4 Å². The van der Waals surface area contributed by atoms with Crippen molar-refractivity contribution in [3.63, 3.8) is 0 Å². The molecule has 0 unspecified atom stereocenters. The Hall–Kier alpha value is -0.790. The van der Waals surface area contributed by atoms with Crippen molar-refractivity contribution in [1.82, 2.24) is 9.55 Å². The third-order valence-corrected chi connectivity index (χ3v) is 5.65. The zero-order valence-corrected chi connectivity index (χ0v) is 14.4. The van der Waals surface area contributed by atoms with E-state index in [9.17, 15) is 4.79 Å². The van der Waals surface area contributed by atoms with Crippen LogP contribution in [-0.2, 0) is 11.3 Å². The molecule has 0 fully saturated rings. The number of aromatic nitrogens is 2. The van der Waals surface area contributed by atoms with Gasteiger partial charge in [-0.1, -0.05) is 25.6 Å². The van der Waals surface area contributed by atoms with Crippen molar-refractivity contribution in [2.45, 2.75) is 31.5 Å². The Morgan fingerprint density at radius 2 is 2.35 bits per heavy atom. The summed E-state index contributed by atoms with van der Waals surface area (Å²) in [5, 5.41) is 11.6. The van der Waals surface area contributed by atoms with E-state index in [4.69, 9.17) is 5.11 Å². The predicted molar refractivity (Wildman–Crippen MR) is 85.8 cm³/mol. The molecule has 0 saturated carbocycles. The molecule has 0 aliphatic carbocycles. The number of carboxylic acids is 1. The monoisotopic (exact) mass is 374 g/mol. The van der Waals surface area contributed by atoms with Gasteiger partial charge < -0.3 is 9.67 Å². The van der Waals surface area contributed by atoms with Crippen LogP contribution in [0.3, 0.4) is 0 Å². The second-order valence-electron chi connectivity index (χ2n) is 4.58. The highest BCUT2D eigenvalue weighted by Gasteiger charge is 2.16. The van der Waals surface area contributed by atoms with E-state index in [1.807, 2.05) is 17.6 Å². The Balaban J connectivity index is 2.29. The molecule has 7 heteroatoms. The summed E-state index contributed by atoms with van der Waals surface area (Å²) in [5.74, 6) is -0.450. The number of aliphatic carboxylic acids is 1. The number of carboxylic acid groups (broad SMARTS) is 1. The third-order valence-electron chi connectivity index (χ3n) is 2.76. The quantitative estimate of drug-likeness (QED) is 0.774. The molecule has 0 spiro atoms. The normalized spacial score (nSPS) is 11.2. The SMILES string of the molecule is CC(C)c1cnc(SCC(=O)O)n1Cc1sccc1Br. The van der Waals surface area contributed by atoms with E-state index in [1.165, 1.54) is 16.6 Å². The molecule has 2 rings (SSSR count). The molecule has 1 N–H and O–H groups in total. The lowest BCUT2D eigenvalue weighted by atomic mass is 10.1. The average Bonchev–Trinajstić information content (AvgIpc) is 2.95. The van der Waals surface area contributed by atoms with Gasteiger partial charge in [0.2, 0.25) is 0 Å². The molecule has 4 nitrogen and oxygen atoms in total. The number of carbonyl (C=O) groups is 1. The van der Waals surface area contributed by atoms with Crippen LogP contribution >= 0.6 is 39.0 Å². The molecule has 108 valence electrons. The van der Waals surface area contributed by atoms with Crippen LogP contribution in [0.5, 0.6) is 0 Å². The smallest absolute Gasteiger partial charge is 0.313 e. The van der Waals surface area contributed by atoms with Gasteiger partial charge in [0.1, 0.15) is 0 Å². The van der Waals surface area contributed by atoms with E-state index >= 15 is 0 Å². The minimum absolute atomic E-state index is 0.0279. The van der Waals surface area contributed by atoms with Gasteiger partial charge >= 0.3 is 5.97 Å². The molecule has 0 aliphatic rings. The summed E-state index contributed by atoms with van der Waals surface area (Å²) in [5.41, 5.74) is 1.12. The maximum atomic E-state index is 10.7. The second-order valence-corrected chi connectivity index (χ2v) is 7.38. The zero-order valence-electron chi connectivity index (χ0n) is 11.2. The van der Waals surface area contributed by atoms with E-state index in [0.29, 0.717) is 12.5 Å². The summed E-state index contributed by atoms with van der Waals surface area (Å²) in [6.45, 7) is 4.94. The largest absolute Gasteiger partial charge is 0.481 e. The number of hydrogen-bond donors (Lipinski definition) is 1. The molecule has 0 saturated heterocycles. The summed E-state index contributed by atoms with van der Waals surface area (Å²) in [7, 11) is 0. The van der Waals surface area contributed by atoms with Crippen molar-refractivity contribution >= 4 is 45.0 Å². The van der Waals surface area contributed by atoms with Crippen LogP contribution in [0.4, 0.5) is 0 Å². The van der Waals surface area contributed by atoms with E-state index in [2.05, 4.69) is 39.3 Å². The van der Waals surface area contributed by atoms with Gasteiger partial charge in [0.25, 0.3) is 0 Å². The first-order valence-electron chi connectivity index (χ1n) is 6.11. The summed E-state index contributed by atoms with van der Waals surface area (Å²) in [4.78, 5) is 16.3. The lowest BCUT2D eigenvalue weighted by molar-refractivity contribution is -0.133. The molecule has 0 atom stereocenters. The Bertz CT molecular complexity index is 607. The van der Waals surface area contributed by atoms with Gasteiger partial charge in [-0.15, -0.1) is 11.3 Å². The topological polar surface area (TPSA) is 55.1 Å². The third kappa shape index (κ3) is 3.65. The molecule has 0 bridgehead atoms. The molecule has 20 heavy (non-hydrogen) atoms. The summed E-state index contributed by atoms with van der Waals surface area (Å²) >= 11 is 6.48. The fourth-order valence-electron chi connectivity index (χ4n) is 1.81. The molecule has 2 aromatic heterocycles. The maximum Gasteiger partial charge on any atom is 0.313 e. The van der Waals surface area contributed by atoms with Crippen LogP contribution in [0.2, 0.25) is 0 Å². The Morgan fingerprint density at radius 1 is 1.60 bits per heavy atom. The van der Waals surface area contributed by atoms with Gasteiger partial charge in [0.15, 0.2) is 5.16 Å². The predicted octanol–water partition coefficient (Wildman–Crippen LogP) is 4.06. The fraction of sp³-hybridized carbons (Fsp3) is 0.385. The van der Waals surface area contributed by atoms with E-state index in [1.54, 1.807) is 11.3 Å². The first-order chi connectivity index (χ1) is 9.49. The Labute approximate surface area is 134 Å². The fourth-order valence-corrected chi connectivity index (χ4v) is 3.98. The average molecular weight is 375 g/mol. The number of rotatable bonds is 6. The Morgan fingerprint density at radius 3 is 2.90 bits per heavy atom.